The van der Waals surface area contributed by atoms with Crippen molar-refractivity contribution >= 4 is 16.0 Å². The van der Waals surface area contributed by atoms with Gasteiger partial charge in [0.1, 0.15) is 12.3 Å². The molecule has 11 nitrogen and oxygen atoms in total. The van der Waals surface area contributed by atoms with Crippen LogP contribution < -0.4 is 11.2 Å². The fourth-order valence-electron chi connectivity index (χ4n) is 2.74. The molecule has 1 saturated heterocycles. The zero-order valence-corrected chi connectivity index (χ0v) is 18.9. The SMILES string of the molecule is COP(=O)(/C=C/[C@H]1O[C@@H](n2cc(C)c(=O)[nH]c2=O)CC1OP(C)OCCC#N)OC. The number of aryl methyl sites for hydroxylation is 1. The fourth-order valence-corrected chi connectivity index (χ4v) is 4.51. The highest BCUT2D eigenvalue weighted by molar-refractivity contribution is 7.57. The van der Waals surface area contributed by atoms with Crippen LogP contribution in [-0.4, -0.2) is 49.3 Å². The monoisotopic (exact) mass is 461 g/mol. The van der Waals surface area contributed by atoms with E-state index >= 15 is 0 Å². The smallest absolute Gasteiger partial charge is 0.348 e. The van der Waals surface area contributed by atoms with Crippen LogP contribution in [0.1, 0.15) is 24.6 Å². The number of ether oxygens (including phenoxy) is 1. The number of nitriles is 1. The van der Waals surface area contributed by atoms with E-state index < -0.39 is 45.7 Å². The van der Waals surface area contributed by atoms with Crippen molar-refractivity contribution in [1.29, 1.82) is 5.26 Å². The Kier molecular flexibility index (Phi) is 9.13. The van der Waals surface area contributed by atoms with E-state index in [0.29, 0.717) is 5.56 Å². The summed E-state index contributed by atoms with van der Waals surface area (Å²) in [6.07, 6.45) is 1.49. The summed E-state index contributed by atoms with van der Waals surface area (Å²) in [4.78, 5) is 26.1. The second-order valence-corrected chi connectivity index (χ2v) is 9.80. The van der Waals surface area contributed by atoms with Gasteiger partial charge in [-0.15, -0.1) is 0 Å². The van der Waals surface area contributed by atoms with Gasteiger partial charge in [-0.1, -0.05) is 0 Å². The molecule has 2 unspecified atom stereocenters. The lowest BCUT2D eigenvalue weighted by atomic mass is 10.2. The summed E-state index contributed by atoms with van der Waals surface area (Å²) in [5, 5.41) is 8.63. The van der Waals surface area contributed by atoms with Gasteiger partial charge in [-0.3, -0.25) is 18.9 Å². The molecule has 30 heavy (non-hydrogen) atoms. The second kappa shape index (κ2) is 11.1. The topological polar surface area (TPSA) is 142 Å². The van der Waals surface area contributed by atoms with Crippen molar-refractivity contribution in [3.8, 4) is 6.07 Å². The van der Waals surface area contributed by atoms with Crippen molar-refractivity contribution in [3.63, 3.8) is 0 Å². The molecule has 2 heterocycles. The molecular weight excluding hydrogens is 436 g/mol. The van der Waals surface area contributed by atoms with Crippen molar-refractivity contribution in [3.05, 3.63) is 44.5 Å². The van der Waals surface area contributed by atoms with E-state index in [1.54, 1.807) is 13.6 Å². The molecule has 0 radical (unpaired) electrons. The van der Waals surface area contributed by atoms with Gasteiger partial charge >= 0.3 is 13.3 Å². The van der Waals surface area contributed by atoms with E-state index in [1.807, 2.05) is 6.07 Å². The number of nitrogens with zero attached hydrogens (tertiary/aromatic N) is 2. The predicted octanol–water partition coefficient (Wildman–Crippen LogP) is 2.39. The third-order valence-electron chi connectivity index (χ3n) is 4.31. The van der Waals surface area contributed by atoms with E-state index in [-0.39, 0.29) is 19.4 Å². The Labute approximate surface area is 175 Å². The average Bonchev–Trinajstić information content (AvgIpc) is 3.11. The number of H-pyrrole nitrogens is 1. The Morgan fingerprint density at radius 3 is 2.77 bits per heavy atom. The van der Waals surface area contributed by atoms with E-state index in [2.05, 4.69) is 4.98 Å². The van der Waals surface area contributed by atoms with Gasteiger partial charge in [-0.25, -0.2) is 4.79 Å². The molecule has 0 saturated carbocycles. The lowest BCUT2D eigenvalue weighted by Crippen LogP contribution is -2.33. The maximum absolute atomic E-state index is 12.3. The van der Waals surface area contributed by atoms with E-state index in [1.165, 1.54) is 36.9 Å². The first-order chi connectivity index (χ1) is 14.2. The number of nitrogens with one attached hydrogen (secondary N) is 1. The second-order valence-electron chi connectivity index (χ2n) is 6.34. The Hall–Kier alpha value is -1.63. The van der Waals surface area contributed by atoms with Crippen LogP contribution in [0.4, 0.5) is 0 Å². The zero-order valence-electron chi connectivity index (χ0n) is 17.1. The van der Waals surface area contributed by atoms with Crippen LogP contribution in [0, 0.1) is 18.3 Å². The van der Waals surface area contributed by atoms with Gasteiger partial charge in [0, 0.05) is 44.9 Å². The first kappa shape index (κ1) is 24.6. The standard InChI is InChI=1S/C17H25N3O8P2/c1-12-11-20(17(22)19-16(12)21)15-10-14(28-29(4)26-8-5-7-18)13(27-15)6-9-30(23,24-2)25-3/h6,9,11,13-15H,5,8,10H2,1-4H3,(H,19,21,22)/b9-6+/t13-,14?,15-,29?/m1/s1. The van der Waals surface area contributed by atoms with Gasteiger partial charge in [-0.05, 0) is 13.0 Å². The average molecular weight is 461 g/mol. The normalized spacial score (nSPS) is 23.0. The van der Waals surface area contributed by atoms with Crippen molar-refractivity contribution in [2.75, 3.05) is 27.5 Å². The van der Waals surface area contributed by atoms with Crippen molar-refractivity contribution in [1.82, 2.24) is 9.55 Å². The molecular formula is C17H25N3O8P2. The van der Waals surface area contributed by atoms with Crippen LogP contribution in [0.2, 0.25) is 0 Å². The van der Waals surface area contributed by atoms with Gasteiger partial charge < -0.3 is 22.8 Å². The van der Waals surface area contributed by atoms with Crippen LogP contribution in [0.15, 0.2) is 27.7 Å². The summed E-state index contributed by atoms with van der Waals surface area (Å²) in [5.41, 5.74) is -0.722. The highest BCUT2D eigenvalue weighted by Gasteiger charge is 2.38. The summed E-state index contributed by atoms with van der Waals surface area (Å²) in [5.74, 6) is 1.27. The minimum absolute atomic E-state index is 0.233. The van der Waals surface area contributed by atoms with Crippen molar-refractivity contribution in [2.45, 2.75) is 38.2 Å². The van der Waals surface area contributed by atoms with Crippen molar-refractivity contribution in [2.24, 2.45) is 0 Å². The molecule has 1 aliphatic heterocycles. The van der Waals surface area contributed by atoms with Gasteiger partial charge in [0.2, 0.25) is 0 Å². The Morgan fingerprint density at radius 2 is 2.13 bits per heavy atom. The third-order valence-corrected chi connectivity index (χ3v) is 6.98. The predicted molar refractivity (Wildman–Crippen MR) is 109 cm³/mol. The molecule has 0 aromatic carbocycles. The molecule has 1 fully saturated rings. The van der Waals surface area contributed by atoms with Crippen LogP contribution in [0.5, 0.6) is 0 Å². The maximum atomic E-state index is 12.3. The third kappa shape index (κ3) is 6.43. The minimum Gasteiger partial charge on any atom is -0.348 e. The van der Waals surface area contributed by atoms with E-state index in [4.69, 9.17) is 28.1 Å². The van der Waals surface area contributed by atoms with E-state index in [9.17, 15) is 14.2 Å². The quantitative estimate of drug-likeness (QED) is 0.410. The molecule has 2 rings (SSSR count). The molecule has 1 aromatic rings. The van der Waals surface area contributed by atoms with Crippen molar-refractivity contribution < 1.29 is 27.4 Å². The fraction of sp³-hybridized carbons (Fsp3) is 0.588. The number of aromatic nitrogens is 2. The van der Waals surface area contributed by atoms with Gasteiger partial charge in [0.25, 0.3) is 5.56 Å². The molecule has 1 N–H and O–H groups in total. The molecule has 0 bridgehead atoms. The minimum atomic E-state index is -3.43. The zero-order chi connectivity index (χ0) is 22.3. The van der Waals surface area contributed by atoms with E-state index in [0.717, 1.165) is 0 Å². The molecule has 13 heteroatoms. The number of hydrogen-bond acceptors (Lipinski definition) is 9. The largest absolute Gasteiger partial charge is 0.353 e. The Morgan fingerprint density at radius 1 is 1.43 bits per heavy atom. The summed E-state index contributed by atoms with van der Waals surface area (Å²) in [6, 6.07) is 1.99. The molecule has 1 aliphatic rings. The first-order valence-corrected chi connectivity index (χ1v) is 12.2. The summed E-state index contributed by atoms with van der Waals surface area (Å²) in [6.45, 7) is 3.56. The van der Waals surface area contributed by atoms with Gasteiger partial charge in [0.15, 0.2) is 8.38 Å². The summed E-state index contributed by atoms with van der Waals surface area (Å²) >= 11 is 0. The molecule has 1 aromatic heterocycles. The van der Waals surface area contributed by atoms with Gasteiger partial charge in [0.05, 0.1) is 25.2 Å². The number of rotatable bonds is 10. The lowest BCUT2D eigenvalue weighted by molar-refractivity contribution is 0.00765. The first-order valence-electron chi connectivity index (χ1n) is 9.01. The van der Waals surface area contributed by atoms with Crippen LogP contribution in [-0.2, 0) is 27.4 Å². The summed E-state index contributed by atoms with van der Waals surface area (Å²) in [7, 11) is -2.23. The molecule has 0 amide bonds. The Balaban J connectivity index is 2.25. The van der Waals surface area contributed by atoms with Crippen LogP contribution >= 0.6 is 16.0 Å². The number of hydrogen-bond donors (Lipinski definition) is 1. The molecule has 0 aliphatic carbocycles. The molecule has 4 atom stereocenters. The maximum Gasteiger partial charge on any atom is 0.353 e. The van der Waals surface area contributed by atoms with Crippen LogP contribution in [0.3, 0.4) is 0 Å². The van der Waals surface area contributed by atoms with Gasteiger partial charge in [-0.2, -0.15) is 5.26 Å². The van der Waals surface area contributed by atoms with Crippen LogP contribution in [0.25, 0.3) is 0 Å². The number of aromatic amines is 1. The highest BCUT2D eigenvalue weighted by atomic mass is 31.2. The Bertz CT molecular complexity index is 946. The highest BCUT2D eigenvalue weighted by Crippen LogP contribution is 2.49. The molecule has 0 spiro atoms. The summed E-state index contributed by atoms with van der Waals surface area (Å²) < 4.78 is 40.8. The molecule has 166 valence electrons. The lowest BCUT2D eigenvalue weighted by Gasteiger charge is -2.20.